The quantitative estimate of drug-likeness (QED) is 0.426. The molecule has 0 aromatic heterocycles. The van der Waals surface area contributed by atoms with Gasteiger partial charge in [-0.05, 0) is 36.5 Å². The summed E-state index contributed by atoms with van der Waals surface area (Å²) in [4.78, 5) is 6.40. The second-order valence-electron chi connectivity index (χ2n) is 6.03. The SMILES string of the molecule is CN=C(NCc1ccc(OC)c(OC)c1)N(C)CCOCC1CC1. The summed E-state index contributed by atoms with van der Waals surface area (Å²) >= 11 is 0. The molecule has 0 amide bonds. The number of hydrogen-bond acceptors (Lipinski definition) is 4. The molecule has 0 spiro atoms. The van der Waals surface area contributed by atoms with Crippen LogP contribution < -0.4 is 14.8 Å². The van der Waals surface area contributed by atoms with Gasteiger partial charge in [-0.1, -0.05) is 6.07 Å². The van der Waals surface area contributed by atoms with Gasteiger partial charge in [0.25, 0.3) is 0 Å². The Kier molecular flexibility index (Phi) is 7.18. The van der Waals surface area contributed by atoms with Crippen molar-refractivity contribution in [2.75, 3.05) is 48.1 Å². The number of methoxy groups -OCH3 is 2. The molecule has 2 rings (SSSR count). The molecular weight excluding hydrogens is 306 g/mol. The number of aliphatic imine (C=N–C) groups is 1. The van der Waals surface area contributed by atoms with E-state index in [1.807, 2.05) is 25.2 Å². The number of ether oxygens (including phenoxy) is 3. The van der Waals surface area contributed by atoms with E-state index in [-0.39, 0.29) is 0 Å². The van der Waals surface area contributed by atoms with Crippen molar-refractivity contribution in [1.82, 2.24) is 10.2 Å². The van der Waals surface area contributed by atoms with Gasteiger partial charge in [-0.3, -0.25) is 4.99 Å². The number of rotatable bonds is 9. The maximum atomic E-state index is 5.69. The Morgan fingerprint density at radius 3 is 2.62 bits per heavy atom. The average Bonchev–Trinajstić information content (AvgIpc) is 3.43. The second kappa shape index (κ2) is 9.37. The van der Waals surface area contributed by atoms with Crippen molar-refractivity contribution in [3.8, 4) is 11.5 Å². The van der Waals surface area contributed by atoms with E-state index in [4.69, 9.17) is 14.2 Å². The topological polar surface area (TPSA) is 55.3 Å². The van der Waals surface area contributed by atoms with Crippen LogP contribution in [0.3, 0.4) is 0 Å². The van der Waals surface area contributed by atoms with Crippen molar-refractivity contribution in [3.05, 3.63) is 23.8 Å². The van der Waals surface area contributed by atoms with E-state index < -0.39 is 0 Å². The lowest BCUT2D eigenvalue weighted by Crippen LogP contribution is -2.40. The monoisotopic (exact) mass is 335 g/mol. The molecule has 0 atom stereocenters. The predicted molar refractivity (Wildman–Crippen MR) is 95.9 cm³/mol. The largest absolute Gasteiger partial charge is 0.493 e. The summed E-state index contributed by atoms with van der Waals surface area (Å²) in [6, 6.07) is 5.90. The molecule has 0 unspecified atom stereocenters. The fraction of sp³-hybridized carbons (Fsp3) is 0.611. The Hall–Kier alpha value is -1.95. The lowest BCUT2D eigenvalue weighted by Gasteiger charge is -2.22. The van der Waals surface area contributed by atoms with Gasteiger partial charge in [0, 0.05) is 33.8 Å². The van der Waals surface area contributed by atoms with Crippen LogP contribution >= 0.6 is 0 Å². The molecule has 0 bridgehead atoms. The van der Waals surface area contributed by atoms with Crippen LogP contribution in [0, 0.1) is 5.92 Å². The van der Waals surface area contributed by atoms with Gasteiger partial charge in [0.2, 0.25) is 0 Å². The third kappa shape index (κ3) is 5.60. The molecule has 1 aromatic rings. The minimum absolute atomic E-state index is 0.667. The fourth-order valence-electron chi connectivity index (χ4n) is 2.40. The van der Waals surface area contributed by atoms with Crippen molar-refractivity contribution >= 4 is 5.96 Å². The van der Waals surface area contributed by atoms with Crippen LogP contribution in [0.2, 0.25) is 0 Å². The van der Waals surface area contributed by atoms with Gasteiger partial charge in [0.15, 0.2) is 17.5 Å². The minimum Gasteiger partial charge on any atom is -0.493 e. The van der Waals surface area contributed by atoms with Gasteiger partial charge in [0.05, 0.1) is 20.8 Å². The number of likely N-dealkylation sites (N-methyl/N-ethyl adjacent to an activating group) is 1. The summed E-state index contributed by atoms with van der Waals surface area (Å²) in [6.07, 6.45) is 2.65. The molecule has 6 nitrogen and oxygen atoms in total. The molecule has 1 aliphatic rings. The Labute approximate surface area is 144 Å². The van der Waals surface area contributed by atoms with Crippen molar-refractivity contribution in [2.24, 2.45) is 10.9 Å². The smallest absolute Gasteiger partial charge is 0.193 e. The summed E-state index contributed by atoms with van der Waals surface area (Å²) in [5.41, 5.74) is 1.10. The first-order chi connectivity index (χ1) is 11.7. The van der Waals surface area contributed by atoms with Gasteiger partial charge < -0.3 is 24.4 Å². The first-order valence-electron chi connectivity index (χ1n) is 8.38. The van der Waals surface area contributed by atoms with Crippen LogP contribution in [-0.2, 0) is 11.3 Å². The lowest BCUT2D eigenvalue weighted by molar-refractivity contribution is 0.115. The summed E-state index contributed by atoms with van der Waals surface area (Å²) in [5.74, 6) is 3.11. The zero-order valence-electron chi connectivity index (χ0n) is 15.2. The first kappa shape index (κ1) is 18.4. The van der Waals surface area contributed by atoms with Crippen LogP contribution in [0.25, 0.3) is 0 Å². The van der Waals surface area contributed by atoms with Crippen LogP contribution in [-0.4, -0.2) is 58.9 Å². The molecule has 1 aliphatic carbocycles. The van der Waals surface area contributed by atoms with Crippen molar-refractivity contribution in [2.45, 2.75) is 19.4 Å². The highest BCUT2D eigenvalue weighted by Gasteiger charge is 2.21. The first-order valence-corrected chi connectivity index (χ1v) is 8.38. The van der Waals surface area contributed by atoms with Crippen molar-refractivity contribution in [1.29, 1.82) is 0 Å². The standard InChI is InChI=1S/C18H29N3O3/c1-19-18(21(2)9-10-24-13-14-5-6-14)20-12-15-7-8-16(22-3)17(11-15)23-4/h7-8,11,14H,5-6,9-10,12-13H2,1-4H3,(H,19,20). The van der Waals surface area contributed by atoms with E-state index in [0.717, 1.165) is 48.7 Å². The molecule has 0 radical (unpaired) electrons. The van der Waals surface area contributed by atoms with E-state index >= 15 is 0 Å². The third-order valence-electron chi connectivity index (χ3n) is 4.09. The highest BCUT2D eigenvalue weighted by molar-refractivity contribution is 5.79. The molecule has 24 heavy (non-hydrogen) atoms. The molecule has 1 saturated carbocycles. The molecule has 1 fully saturated rings. The minimum atomic E-state index is 0.667. The van der Waals surface area contributed by atoms with Crippen LogP contribution in [0.1, 0.15) is 18.4 Å². The molecule has 6 heteroatoms. The van der Waals surface area contributed by atoms with Gasteiger partial charge in [0.1, 0.15) is 0 Å². The molecule has 0 heterocycles. The number of benzene rings is 1. The Morgan fingerprint density at radius 1 is 1.25 bits per heavy atom. The second-order valence-corrected chi connectivity index (χ2v) is 6.03. The molecule has 0 saturated heterocycles. The number of nitrogens with zero attached hydrogens (tertiary/aromatic N) is 2. The van der Waals surface area contributed by atoms with E-state index in [1.165, 1.54) is 12.8 Å². The molecule has 134 valence electrons. The summed E-state index contributed by atoms with van der Waals surface area (Å²) in [7, 11) is 7.09. The van der Waals surface area contributed by atoms with E-state index in [1.54, 1.807) is 21.3 Å². The van der Waals surface area contributed by atoms with Gasteiger partial charge in [-0.2, -0.15) is 0 Å². The molecule has 1 aromatic carbocycles. The summed E-state index contributed by atoms with van der Waals surface area (Å²) < 4.78 is 16.3. The van der Waals surface area contributed by atoms with Crippen LogP contribution in [0.15, 0.2) is 23.2 Å². The molecule has 0 aliphatic heterocycles. The summed E-state index contributed by atoms with van der Waals surface area (Å²) in [6.45, 7) is 3.11. The molecular formula is C18H29N3O3. The maximum absolute atomic E-state index is 5.69. The maximum Gasteiger partial charge on any atom is 0.193 e. The molecule has 1 N–H and O–H groups in total. The number of nitrogens with one attached hydrogen (secondary N) is 1. The summed E-state index contributed by atoms with van der Waals surface area (Å²) in [5, 5.41) is 3.36. The third-order valence-corrected chi connectivity index (χ3v) is 4.09. The van der Waals surface area contributed by atoms with Crippen molar-refractivity contribution < 1.29 is 14.2 Å². The van der Waals surface area contributed by atoms with E-state index in [2.05, 4.69) is 15.2 Å². The van der Waals surface area contributed by atoms with Gasteiger partial charge in [-0.25, -0.2) is 0 Å². The Bertz CT molecular complexity index is 544. The average molecular weight is 335 g/mol. The normalized spacial score (nSPS) is 14.4. The highest BCUT2D eigenvalue weighted by atomic mass is 16.5. The van der Waals surface area contributed by atoms with Crippen LogP contribution in [0.4, 0.5) is 0 Å². The predicted octanol–water partition coefficient (Wildman–Crippen LogP) is 2.14. The van der Waals surface area contributed by atoms with Crippen molar-refractivity contribution in [3.63, 3.8) is 0 Å². The Balaban J connectivity index is 1.79. The number of hydrogen-bond donors (Lipinski definition) is 1. The Morgan fingerprint density at radius 2 is 2.00 bits per heavy atom. The van der Waals surface area contributed by atoms with Crippen LogP contribution in [0.5, 0.6) is 11.5 Å². The van der Waals surface area contributed by atoms with Gasteiger partial charge in [-0.15, -0.1) is 0 Å². The fourth-order valence-corrected chi connectivity index (χ4v) is 2.40. The lowest BCUT2D eigenvalue weighted by atomic mass is 10.2. The van der Waals surface area contributed by atoms with E-state index in [9.17, 15) is 0 Å². The van der Waals surface area contributed by atoms with Gasteiger partial charge >= 0.3 is 0 Å². The number of guanidine groups is 1. The zero-order valence-corrected chi connectivity index (χ0v) is 15.2. The van der Waals surface area contributed by atoms with E-state index in [0.29, 0.717) is 6.54 Å². The highest BCUT2D eigenvalue weighted by Crippen LogP contribution is 2.28. The zero-order chi connectivity index (χ0) is 17.4.